The predicted octanol–water partition coefficient (Wildman–Crippen LogP) is 4.34. The number of aryl methyl sites for hydroxylation is 1. The van der Waals surface area contributed by atoms with Crippen LogP contribution in [-0.4, -0.2) is 32.3 Å². The van der Waals surface area contributed by atoms with Gasteiger partial charge >= 0.3 is 0 Å². The Kier molecular flexibility index (Phi) is 5.08. The van der Waals surface area contributed by atoms with Gasteiger partial charge in [-0.1, -0.05) is 11.8 Å². The van der Waals surface area contributed by atoms with Gasteiger partial charge in [-0.3, -0.25) is 9.59 Å². The normalized spacial score (nSPS) is 10.9. The van der Waals surface area contributed by atoms with Crippen molar-refractivity contribution in [2.75, 3.05) is 5.75 Å². The summed E-state index contributed by atoms with van der Waals surface area (Å²) in [4.78, 5) is 34.6. The van der Waals surface area contributed by atoms with Crippen molar-refractivity contribution in [1.29, 1.82) is 0 Å². The summed E-state index contributed by atoms with van der Waals surface area (Å²) in [6.45, 7) is 5.05. The number of halogens is 1. The Labute approximate surface area is 154 Å². The minimum atomic E-state index is -0.296. The second-order valence-electron chi connectivity index (χ2n) is 6.00. The topological polar surface area (TPSA) is 78.6 Å². The van der Waals surface area contributed by atoms with Crippen molar-refractivity contribution < 1.29 is 14.0 Å². The number of hydrogen-bond donors (Lipinski definition) is 2. The first-order valence-electron chi connectivity index (χ1n) is 8.04. The lowest BCUT2D eigenvalue weighted by atomic mass is 10.1. The average Bonchev–Trinajstić information content (AvgIpc) is 3.18. The summed E-state index contributed by atoms with van der Waals surface area (Å²) in [5.74, 6) is -0.259. The van der Waals surface area contributed by atoms with E-state index in [1.165, 1.54) is 30.8 Å². The molecule has 0 saturated carbocycles. The largest absolute Gasteiger partial charge is 0.355 e. The van der Waals surface area contributed by atoms with Crippen molar-refractivity contribution >= 4 is 23.3 Å². The molecule has 7 heteroatoms. The van der Waals surface area contributed by atoms with Gasteiger partial charge in [0, 0.05) is 11.3 Å². The van der Waals surface area contributed by atoms with Crippen molar-refractivity contribution in [3.05, 3.63) is 58.8 Å². The zero-order valence-corrected chi connectivity index (χ0v) is 15.5. The minimum absolute atomic E-state index is 0.0575. The number of hydrogen-bond acceptors (Lipinski definition) is 4. The van der Waals surface area contributed by atoms with E-state index in [0.717, 1.165) is 11.3 Å². The molecule has 0 aliphatic rings. The van der Waals surface area contributed by atoms with Crippen LogP contribution in [0.3, 0.4) is 0 Å². The van der Waals surface area contributed by atoms with Crippen LogP contribution in [0.4, 0.5) is 4.39 Å². The minimum Gasteiger partial charge on any atom is -0.355 e. The summed E-state index contributed by atoms with van der Waals surface area (Å²) in [6.07, 6.45) is 1.65. The molecule has 3 aromatic rings. The van der Waals surface area contributed by atoms with Crippen molar-refractivity contribution in [2.24, 2.45) is 0 Å². The fourth-order valence-electron chi connectivity index (χ4n) is 2.92. The monoisotopic (exact) mass is 371 g/mol. The lowest BCUT2D eigenvalue weighted by molar-refractivity contribution is 0.101. The molecule has 0 unspecified atom stereocenters. The van der Waals surface area contributed by atoms with Crippen LogP contribution in [0.2, 0.25) is 0 Å². The molecule has 2 N–H and O–H groups in total. The van der Waals surface area contributed by atoms with E-state index in [9.17, 15) is 14.0 Å². The van der Waals surface area contributed by atoms with Gasteiger partial charge in [-0.05, 0) is 56.2 Å². The van der Waals surface area contributed by atoms with Gasteiger partial charge in [-0.2, -0.15) is 0 Å². The zero-order valence-electron chi connectivity index (χ0n) is 14.6. The van der Waals surface area contributed by atoms with Crippen LogP contribution in [0.5, 0.6) is 0 Å². The lowest BCUT2D eigenvalue weighted by Crippen LogP contribution is -2.05. The van der Waals surface area contributed by atoms with E-state index in [0.29, 0.717) is 27.7 Å². The highest BCUT2D eigenvalue weighted by atomic mass is 32.2. The van der Waals surface area contributed by atoms with Gasteiger partial charge < -0.3 is 9.97 Å². The van der Waals surface area contributed by atoms with Crippen LogP contribution in [0, 0.1) is 19.7 Å². The molecule has 0 aliphatic heterocycles. The summed E-state index contributed by atoms with van der Waals surface area (Å²) >= 11 is 1.28. The highest BCUT2D eigenvalue weighted by molar-refractivity contribution is 7.99. The van der Waals surface area contributed by atoms with Gasteiger partial charge in [0.2, 0.25) is 0 Å². The van der Waals surface area contributed by atoms with Gasteiger partial charge in [-0.15, -0.1) is 0 Å². The van der Waals surface area contributed by atoms with E-state index in [1.54, 1.807) is 32.2 Å². The number of carbonyl (C=O) groups excluding carboxylic acids is 2. The number of H-pyrrole nitrogens is 2. The van der Waals surface area contributed by atoms with E-state index in [-0.39, 0.29) is 23.1 Å². The summed E-state index contributed by atoms with van der Waals surface area (Å²) in [5.41, 5.74) is 4.01. The van der Waals surface area contributed by atoms with Crippen LogP contribution in [0.15, 0.2) is 35.6 Å². The van der Waals surface area contributed by atoms with Gasteiger partial charge in [0.25, 0.3) is 0 Å². The van der Waals surface area contributed by atoms with E-state index < -0.39 is 0 Å². The molecule has 1 aromatic carbocycles. The molecule has 0 atom stereocenters. The van der Waals surface area contributed by atoms with Crippen LogP contribution in [0.25, 0.3) is 11.3 Å². The Balaban J connectivity index is 1.70. The van der Waals surface area contributed by atoms with Crippen LogP contribution >= 0.6 is 11.8 Å². The van der Waals surface area contributed by atoms with Crippen LogP contribution < -0.4 is 0 Å². The number of imidazole rings is 1. The Bertz CT molecular complexity index is 973. The summed E-state index contributed by atoms with van der Waals surface area (Å²) in [6, 6.07) is 6.10. The molecule has 134 valence electrons. The Morgan fingerprint density at radius 3 is 2.46 bits per heavy atom. The number of thioether (sulfide) groups is 1. The smallest absolute Gasteiger partial charge is 0.189 e. The van der Waals surface area contributed by atoms with Crippen molar-refractivity contribution in [2.45, 2.75) is 25.9 Å². The zero-order chi connectivity index (χ0) is 18.8. The highest BCUT2D eigenvalue weighted by Gasteiger charge is 2.20. The molecule has 0 amide bonds. The maximum atomic E-state index is 13.0. The molecule has 2 aromatic heterocycles. The Morgan fingerprint density at radius 1 is 1.15 bits per heavy atom. The summed E-state index contributed by atoms with van der Waals surface area (Å²) in [7, 11) is 0. The molecule has 3 rings (SSSR count). The van der Waals surface area contributed by atoms with Crippen LogP contribution in [-0.2, 0) is 0 Å². The van der Waals surface area contributed by atoms with Crippen molar-refractivity contribution in [1.82, 2.24) is 15.0 Å². The molecule has 5 nitrogen and oxygen atoms in total. The maximum Gasteiger partial charge on any atom is 0.189 e. The van der Waals surface area contributed by atoms with Gasteiger partial charge in [0.05, 0.1) is 23.3 Å². The number of benzene rings is 1. The maximum absolute atomic E-state index is 13.0. The molecule has 0 bridgehead atoms. The summed E-state index contributed by atoms with van der Waals surface area (Å²) < 4.78 is 13.0. The molecule has 0 radical (unpaired) electrons. The van der Waals surface area contributed by atoms with Gasteiger partial charge in [0.15, 0.2) is 16.7 Å². The number of Topliss-reactive ketones (excluding diaryl/α,β-unsaturated/α-hetero) is 2. The number of ketones is 2. The predicted molar refractivity (Wildman–Crippen MR) is 99.3 cm³/mol. The van der Waals surface area contributed by atoms with E-state index in [1.807, 2.05) is 0 Å². The van der Waals surface area contributed by atoms with Crippen molar-refractivity contribution in [3.8, 4) is 11.3 Å². The van der Waals surface area contributed by atoms with Crippen molar-refractivity contribution in [3.63, 3.8) is 0 Å². The Morgan fingerprint density at radius 2 is 1.85 bits per heavy atom. The van der Waals surface area contributed by atoms with Gasteiger partial charge in [-0.25, -0.2) is 9.37 Å². The van der Waals surface area contributed by atoms with Crippen LogP contribution in [0.1, 0.15) is 39.0 Å². The first-order chi connectivity index (χ1) is 12.4. The SMILES string of the molecule is CC(=O)c1c(C)[nH]c(C(=O)CSc2ncc(-c3ccc(F)cc3)[nH]2)c1C. The third-order valence-electron chi connectivity index (χ3n) is 4.12. The fourth-order valence-corrected chi connectivity index (χ4v) is 3.64. The Hall–Kier alpha value is -2.67. The molecule has 0 fully saturated rings. The number of aromatic amines is 2. The number of nitrogens with one attached hydrogen (secondary N) is 2. The fraction of sp³-hybridized carbons (Fsp3) is 0.211. The standard InChI is InChI=1S/C19H18FN3O2S/c1-10-17(12(3)24)11(2)22-18(10)16(25)9-26-19-21-8-15(23-19)13-4-6-14(20)7-5-13/h4-8,22H,9H2,1-3H3,(H,21,23). The molecular formula is C19H18FN3O2S. The molecule has 0 saturated heterocycles. The van der Waals surface area contributed by atoms with E-state index in [2.05, 4.69) is 15.0 Å². The highest BCUT2D eigenvalue weighted by Crippen LogP contribution is 2.24. The quantitative estimate of drug-likeness (QED) is 0.499. The lowest BCUT2D eigenvalue weighted by Gasteiger charge is -2.00. The van der Waals surface area contributed by atoms with Gasteiger partial charge in [0.1, 0.15) is 5.82 Å². The molecule has 0 spiro atoms. The van der Waals surface area contributed by atoms with E-state index >= 15 is 0 Å². The first kappa shape index (κ1) is 18.1. The molecule has 0 aliphatic carbocycles. The molecule has 2 heterocycles. The number of carbonyl (C=O) groups is 2. The second kappa shape index (κ2) is 7.29. The number of rotatable bonds is 6. The summed E-state index contributed by atoms with van der Waals surface area (Å²) in [5, 5.41) is 0.602. The second-order valence-corrected chi connectivity index (χ2v) is 6.97. The third kappa shape index (κ3) is 3.62. The average molecular weight is 371 g/mol. The number of nitrogens with zero attached hydrogens (tertiary/aromatic N) is 1. The first-order valence-corrected chi connectivity index (χ1v) is 9.02. The van der Waals surface area contributed by atoms with E-state index in [4.69, 9.17) is 0 Å². The number of aromatic nitrogens is 3. The molecule has 26 heavy (non-hydrogen) atoms. The third-order valence-corrected chi connectivity index (χ3v) is 5.00. The molecular weight excluding hydrogens is 353 g/mol.